The zero-order valence-corrected chi connectivity index (χ0v) is 23.5. The van der Waals surface area contributed by atoms with Crippen LogP contribution >= 0.6 is 11.3 Å². The molecule has 8 nitrogen and oxygen atoms in total. The second-order valence-corrected chi connectivity index (χ2v) is 11.6. The van der Waals surface area contributed by atoms with E-state index in [1.165, 1.54) is 11.6 Å². The summed E-state index contributed by atoms with van der Waals surface area (Å²) in [6.07, 6.45) is 7.71. The van der Waals surface area contributed by atoms with Gasteiger partial charge in [0, 0.05) is 60.7 Å². The summed E-state index contributed by atoms with van der Waals surface area (Å²) in [5.41, 5.74) is 5.51. The van der Waals surface area contributed by atoms with E-state index >= 15 is 4.39 Å². The summed E-state index contributed by atoms with van der Waals surface area (Å²) in [6, 6.07) is 11.1. The number of thiophene rings is 1. The van der Waals surface area contributed by atoms with E-state index in [0.717, 1.165) is 60.4 Å². The van der Waals surface area contributed by atoms with Gasteiger partial charge in [-0.2, -0.15) is 4.98 Å². The molecule has 0 spiro atoms. The number of halogens is 1. The third-order valence-electron chi connectivity index (χ3n) is 7.88. The molecule has 0 unspecified atom stereocenters. The molecule has 0 radical (unpaired) electrons. The molecular formula is C31H30FN7OS. The molecule has 4 aromatic heterocycles. The number of hydrogen-bond donors (Lipinski definition) is 2. The molecule has 0 amide bonds. The van der Waals surface area contributed by atoms with Gasteiger partial charge in [0.15, 0.2) is 0 Å². The van der Waals surface area contributed by atoms with Gasteiger partial charge in [0.25, 0.3) is 5.56 Å². The number of nitrogens with one attached hydrogen (secondary N) is 2. The van der Waals surface area contributed by atoms with Gasteiger partial charge in [-0.3, -0.25) is 14.3 Å². The van der Waals surface area contributed by atoms with E-state index in [1.807, 2.05) is 47.8 Å². The van der Waals surface area contributed by atoms with Gasteiger partial charge in [-0.15, -0.1) is 11.3 Å². The minimum absolute atomic E-state index is 0.107. The summed E-state index contributed by atoms with van der Waals surface area (Å²) in [5, 5.41) is 9.20. The van der Waals surface area contributed by atoms with Crippen LogP contribution in [0.2, 0.25) is 0 Å². The summed E-state index contributed by atoms with van der Waals surface area (Å²) in [6.45, 7) is 5.57. The Morgan fingerprint density at radius 1 is 1.12 bits per heavy atom. The maximum absolute atomic E-state index is 15.1. The lowest BCUT2D eigenvalue weighted by Crippen LogP contribution is -2.43. The Labute approximate surface area is 240 Å². The van der Waals surface area contributed by atoms with Crippen LogP contribution in [0.25, 0.3) is 21.5 Å². The highest BCUT2D eigenvalue weighted by Gasteiger charge is 2.26. The van der Waals surface area contributed by atoms with E-state index in [4.69, 9.17) is 4.98 Å². The van der Waals surface area contributed by atoms with Crippen LogP contribution in [0.3, 0.4) is 0 Å². The van der Waals surface area contributed by atoms with Crippen LogP contribution in [0, 0.1) is 12.7 Å². The Kier molecular flexibility index (Phi) is 6.72. The Bertz CT molecular complexity index is 1810. The van der Waals surface area contributed by atoms with E-state index in [0.29, 0.717) is 41.0 Å². The van der Waals surface area contributed by atoms with Crippen LogP contribution < -0.4 is 21.1 Å². The molecule has 1 saturated heterocycles. The second kappa shape index (κ2) is 10.7. The van der Waals surface area contributed by atoms with Crippen molar-refractivity contribution in [2.45, 2.75) is 32.2 Å². The number of anilines is 3. The average Bonchev–Trinajstić information content (AvgIpc) is 3.75. The van der Waals surface area contributed by atoms with Crippen LogP contribution in [-0.2, 0) is 6.54 Å². The molecule has 41 heavy (non-hydrogen) atoms. The van der Waals surface area contributed by atoms with Gasteiger partial charge in [-0.25, -0.2) is 9.37 Å². The van der Waals surface area contributed by atoms with Gasteiger partial charge in [0.1, 0.15) is 11.5 Å². The van der Waals surface area contributed by atoms with Gasteiger partial charge in [0.05, 0.1) is 17.8 Å². The van der Waals surface area contributed by atoms with E-state index in [1.54, 1.807) is 28.2 Å². The van der Waals surface area contributed by atoms with E-state index < -0.39 is 0 Å². The number of rotatable bonds is 7. The number of hydrogen-bond acceptors (Lipinski definition) is 8. The summed E-state index contributed by atoms with van der Waals surface area (Å²) in [5.74, 6) is 0.520. The first-order valence-corrected chi connectivity index (χ1v) is 14.8. The first kappa shape index (κ1) is 25.8. The summed E-state index contributed by atoms with van der Waals surface area (Å²) < 4.78 is 16.8. The van der Waals surface area contributed by atoms with Crippen LogP contribution in [0.1, 0.15) is 35.4 Å². The largest absolute Gasteiger partial charge is 0.367 e. The van der Waals surface area contributed by atoms with Crippen LogP contribution in [-0.4, -0.2) is 45.7 Å². The smallest absolute Gasteiger partial charge is 0.261 e. The number of pyridine rings is 2. The lowest BCUT2D eigenvalue weighted by Gasteiger charge is -2.29. The predicted octanol–water partition coefficient (Wildman–Crippen LogP) is 5.44. The van der Waals surface area contributed by atoms with Crippen molar-refractivity contribution in [3.63, 3.8) is 0 Å². The van der Waals surface area contributed by atoms with Gasteiger partial charge in [-0.1, -0.05) is 0 Å². The maximum atomic E-state index is 15.1. The SMILES string of the molecule is Cc1ccsc1-c1cc2cnc(Nc3ccc(N4CCNCC4)c(F)c3)nc2n(Cc2cnccc2C2CC2)c1=O. The molecule has 1 aliphatic heterocycles. The van der Waals surface area contributed by atoms with Gasteiger partial charge in [0.2, 0.25) is 5.95 Å². The van der Waals surface area contributed by atoms with E-state index in [2.05, 4.69) is 26.7 Å². The second-order valence-electron chi connectivity index (χ2n) is 10.7. The van der Waals surface area contributed by atoms with Crippen LogP contribution in [0.4, 0.5) is 21.7 Å². The van der Waals surface area contributed by atoms with Crippen molar-refractivity contribution in [2.75, 3.05) is 36.4 Å². The molecule has 5 aromatic rings. The fourth-order valence-electron chi connectivity index (χ4n) is 5.59. The van der Waals surface area contributed by atoms with E-state index in [-0.39, 0.29) is 11.4 Å². The molecule has 1 aromatic carbocycles. The Morgan fingerprint density at radius 3 is 2.73 bits per heavy atom. The number of aryl methyl sites for hydroxylation is 1. The number of fused-ring (bicyclic) bond motifs is 1. The van der Waals surface area contributed by atoms with Crippen LogP contribution in [0.5, 0.6) is 0 Å². The molecule has 208 valence electrons. The van der Waals surface area contributed by atoms with Crippen molar-refractivity contribution in [3.05, 3.63) is 93.2 Å². The quantitative estimate of drug-likeness (QED) is 0.271. The van der Waals surface area contributed by atoms with Crippen molar-refractivity contribution in [1.29, 1.82) is 0 Å². The third kappa shape index (κ3) is 5.09. The first-order chi connectivity index (χ1) is 20.0. The standard InChI is InChI=1S/C31H30FN7OS/c1-19-7-13-41-28(19)25-14-21-17-35-31(36-23-4-5-27(26(32)15-23)38-11-9-33-10-12-38)37-29(21)39(30(25)40)18-22-16-34-8-6-24(22)20-2-3-20/h4-8,13-17,20,33H,2-3,9-12,18H2,1H3,(H,35,36,37). The minimum Gasteiger partial charge on any atom is -0.367 e. The van der Waals surface area contributed by atoms with E-state index in [9.17, 15) is 4.79 Å². The Hall–Kier alpha value is -4.15. The molecule has 1 aliphatic carbocycles. The molecule has 2 aliphatic rings. The van der Waals surface area contributed by atoms with Gasteiger partial charge >= 0.3 is 0 Å². The number of benzene rings is 1. The Balaban J connectivity index is 1.29. The van der Waals surface area contributed by atoms with Gasteiger partial charge < -0.3 is 15.5 Å². The lowest BCUT2D eigenvalue weighted by atomic mass is 10.1. The monoisotopic (exact) mass is 567 g/mol. The number of aromatic nitrogens is 4. The molecule has 1 saturated carbocycles. The van der Waals surface area contributed by atoms with Crippen molar-refractivity contribution in [3.8, 4) is 10.4 Å². The van der Waals surface area contributed by atoms with Crippen LogP contribution in [0.15, 0.2) is 65.2 Å². The highest BCUT2D eigenvalue weighted by atomic mass is 32.1. The predicted molar refractivity (Wildman–Crippen MR) is 162 cm³/mol. The molecule has 5 heterocycles. The topological polar surface area (TPSA) is 88.0 Å². The fraction of sp³-hybridized carbons (Fsp3) is 0.290. The maximum Gasteiger partial charge on any atom is 0.261 e. The zero-order valence-electron chi connectivity index (χ0n) is 22.7. The number of nitrogens with zero attached hydrogens (tertiary/aromatic N) is 5. The third-order valence-corrected chi connectivity index (χ3v) is 8.93. The first-order valence-electron chi connectivity index (χ1n) is 14.0. The Morgan fingerprint density at radius 2 is 1.98 bits per heavy atom. The van der Waals surface area contributed by atoms with Crippen molar-refractivity contribution < 1.29 is 4.39 Å². The molecule has 2 N–H and O–H groups in total. The molecular weight excluding hydrogens is 537 g/mol. The lowest BCUT2D eigenvalue weighted by molar-refractivity contribution is 0.566. The molecule has 0 atom stereocenters. The molecule has 0 bridgehead atoms. The highest BCUT2D eigenvalue weighted by Crippen LogP contribution is 2.41. The highest BCUT2D eigenvalue weighted by molar-refractivity contribution is 7.13. The number of piperazine rings is 1. The summed E-state index contributed by atoms with van der Waals surface area (Å²) in [4.78, 5) is 30.7. The van der Waals surface area contributed by atoms with Crippen molar-refractivity contribution >= 4 is 39.7 Å². The summed E-state index contributed by atoms with van der Waals surface area (Å²) in [7, 11) is 0. The fourth-order valence-corrected chi connectivity index (χ4v) is 6.52. The molecule has 2 fully saturated rings. The van der Waals surface area contributed by atoms with Gasteiger partial charge in [-0.05, 0) is 84.2 Å². The molecule has 10 heteroatoms. The molecule has 7 rings (SSSR count). The summed E-state index contributed by atoms with van der Waals surface area (Å²) >= 11 is 1.55. The average molecular weight is 568 g/mol. The normalized spacial score (nSPS) is 15.4. The minimum atomic E-state index is -0.297. The zero-order chi connectivity index (χ0) is 27.9. The van der Waals surface area contributed by atoms with Crippen molar-refractivity contribution in [1.82, 2.24) is 24.8 Å². The van der Waals surface area contributed by atoms with Crippen molar-refractivity contribution in [2.24, 2.45) is 0 Å².